The van der Waals surface area contributed by atoms with Crippen molar-refractivity contribution in [1.82, 2.24) is 10.1 Å². The SMILES string of the molecule is Cc1ccccc1-c1noc([C@H](N)CO)n1. The van der Waals surface area contributed by atoms with Gasteiger partial charge in [0, 0.05) is 5.56 Å². The second kappa shape index (κ2) is 4.42. The number of benzene rings is 1. The average Bonchev–Trinajstić information content (AvgIpc) is 2.78. The van der Waals surface area contributed by atoms with E-state index >= 15 is 0 Å². The summed E-state index contributed by atoms with van der Waals surface area (Å²) >= 11 is 0. The van der Waals surface area contributed by atoms with E-state index in [-0.39, 0.29) is 12.5 Å². The summed E-state index contributed by atoms with van der Waals surface area (Å²) < 4.78 is 4.98. The highest BCUT2D eigenvalue weighted by Gasteiger charge is 2.15. The molecule has 0 spiro atoms. The fraction of sp³-hybridized carbons (Fsp3) is 0.273. The lowest BCUT2D eigenvalue weighted by molar-refractivity contribution is 0.237. The second-order valence-corrected chi connectivity index (χ2v) is 3.56. The van der Waals surface area contributed by atoms with E-state index in [0.29, 0.717) is 5.82 Å². The lowest BCUT2D eigenvalue weighted by Crippen LogP contribution is -2.14. The van der Waals surface area contributed by atoms with Crippen molar-refractivity contribution < 1.29 is 9.63 Å². The Bertz CT molecular complexity index is 482. The summed E-state index contributed by atoms with van der Waals surface area (Å²) in [7, 11) is 0. The Hall–Kier alpha value is -1.72. The molecule has 1 heterocycles. The van der Waals surface area contributed by atoms with Gasteiger partial charge < -0.3 is 15.4 Å². The van der Waals surface area contributed by atoms with Gasteiger partial charge in [-0.05, 0) is 12.5 Å². The monoisotopic (exact) mass is 219 g/mol. The van der Waals surface area contributed by atoms with E-state index in [1.54, 1.807) is 0 Å². The highest BCUT2D eigenvalue weighted by molar-refractivity contribution is 5.58. The number of rotatable bonds is 3. The zero-order valence-corrected chi connectivity index (χ0v) is 8.92. The number of hydrogen-bond acceptors (Lipinski definition) is 5. The number of nitrogens with two attached hydrogens (primary N) is 1. The number of hydrogen-bond donors (Lipinski definition) is 2. The van der Waals surface area contributed by atoms with Crippen LogP contribution in [0.3, 0.4) is 0 Å². The molecule has 0 unspecified atom stereocenters. The first-order chi connectivity index (χ1) is 7.72. The minimum Gasteiger partial charge on any atom is -0.394 e. The molecule has 84 valence electrons. The zero-order valence-electron chi connectivity index (χ0n) is 8.92. The first-order valence-electron chi connectivity index (χ1n) is 4.98. The van der Waals surface area contributed by atoms with Crippen LogP contribution < -0.4 is 5.73 Å². The van der Waals surface area contributed by atoms with Crippen molar-refractivity contribution >= 4 is 0 Å². The van der Waals surface area contributed by atoms with Crippen molar-refractivity contribution in [2.24, 2.45) is 5.73 Å². The molecule has 2 rings (SSSR count). The molecule has 0 saturated heterocycles. The molecule has 0 fully saturated rings. The first kappa shape index (κ1) is 10.8. The van der Waals surface area contributed by atoms with Crippen LogP contribution in [-0.4, -0.2) is 21.9 Å². The second-order valence-electron chi connectivity index (χ2n) is 3.56. The number of nitrogens with zero attached hydrogens (tertiary/aromatic N) is 2. The average molecular weight is 219 g/mol. The summed E-state index contributed by atoms with van der Waals surface area (Å²) in [4.78, 5) is 4.15. The Balaban J connectivity index is 2.35. The van der Waals surface area contributed by atoms with Crippen molar-refractivity contribution in [3.05, 3.63) is 35.7 Å². The molecule has 16 heavy (non-hydrogen) atoms. The van der Waals surface area contributed by atoms with Gasteiger partial charge in [-0.25, -0.2) is 0 Å². The van der Waals surface area contributed by atoms with Gasteiger partial charge in [-0.3, -0.25) is 0 Å². The predicted molar refractivity (Wildman–Crippen MR) is 58.5 cm³/mol. The van der Waals surface area contributed by atoms with Gasteiger partial charge in [0.15, 0.2) is 0 Å². The van der Waals surface area contributed by atoms with Gasteiger partial charge in [-0.15, -0.1) is 0 Å². The van der Waals surface area contributed by atoms with Crippen LogP contribution in [-0.2, 0) is 0 Å². The summed E-state index contributed by atoms with van der Waals surface area (Å²) in [5, 5.41) is 12.7. The van der Waals surface area contributed by atoms with E-state index in [1.807, 2.05) is 31.2 Å². The Morgan fingerprint density at radius 1 is 1.44 bits per heavy atom. The molecular formula is C11H13N3O2. The fourth-order valence-electron chi connectivity index (χ4n) is 1.40. The largest absolute Gasteiger partial charge is 0.394 e. The van der Waals surface area contributed by atoms with Crippen LogP contribution in [0, 0.1) is 6.92 Å². The first-order valence-corrected chi connectivity index (χ1v) is 4.98. The minimum atomic E-state index is -0.620. The van der Waals surface area contributed by atoms with E-state index in [0.717, 1.165) is 11.1 Å². The predicted octanol–water partition coefficient (Wildman–Crippen LogP) is 1.04. The maximum absolute atomic E-state index is 8.87. The Morgan fingerprint density at radius 3 is 2.88 bits per heavy atom. The molecule has 5 nitrogen and oxygen atoms in total. The van der Waals surface area contributed by atoms with Crippen LogP contribution in [0.2, 0.25) is 0 Å². The molecule has 0 bridgehead atoms. The zero-order chi connectivity index (χ0) is 11.5. The Kier molecular flexibility index (Phi) is 2.98. The summed E-state index contributed by atoms with van der Waals surface area (Å²) in [6, 6.07) is 7.11. The highest BCUT2D eigenvalue weighted by atomic mass is 16.5. The van der Waals surface area contributed by atoms with Gasteiger partial charge in [0.05, 0.1) is 6.61 Å². The summed E-state index contributed by atoms with van der Waals surface area (Å²) in [5.41, 5.74) is 7.55. The van der Waals surface area contributed by atoms with Crippen molar-refractivity contribution in [1.29, 1.82) is 0 Å². The number of aliphatic hydroxyl groups excluding tert-OH is 1. The van der Waals surface area contributed by atoms with Gasteiger partial charge in [0.1, 0.15) is 6.04 Å². The van der Waals surface area contributed by atoms with Gasteiger partial charge in [-0.1, -0.05) is 29.4 Å². The minimum absolute atomic E-state index is 0.213. The van der Waals surface area contributed by atoms with Crippen LogP contribution in [0.25, 0.3) is 11.4 Å². The van der Waals surface area contributed by atoms with Crippen LogP contribution >= 0.6 is 0 Å². The summed E-state index contributed by atoms with van der Waals surface area (Å²) in [5.74, 6) is 0.748. The van der Waals surface area contributed by atoms with Gasteiger partial charge in [-0.2, -0.15) is 4.98 Å². The third-order valence-corrected chi connectivity index (χ3v) is 2.34. The Morgan fingerprint density at radius 2 is 2.19 bits per heavy atom. The number of aliphatic hydroxyl groups is 1. The smallest absolute Gasteiger partial charge is 0.246 e. The van der Waals surface area contributed by atoms with Crippen LogP contribution in [0.15, 0.2) is 28.8 Å². The van der Waals surface area contributed by atoms with Crippen molar-refractivity contribution in [2.75, 3.05) is 6.61 Å². The molecule has 0 aliphatic carbocycles. The van der Waals surface area contributed by atoms with E-state index in [9.17, 15) is 0 Å². The lowest BCUT2D eigenvalue weighted by Gasteiger charge is -1.99. The van der Waals surface area contributed by atoms with Crippen LogP contribution in [0.1, 0.15) is 17.5 Å². The third-order valence-electron chi connectivity index (χ3n) is 2.34. The van der Waals surface area contributed by atoms with Gasteiger partial charge in [0.2, 0.25) is 11.7 Å². The van der Waals surface area contributed by atoms with Gasteiger partial charge in [0.25, 0.3) is 0 Å². The summed E-state index contributed by atoms with van der Waals surface area (Å²) in [6.45, 7) is 1.76. The normalized spacial score (nSPS) is 12.7. The molecule has 0 aliphatic heterocycles. The lowest BCUT2D eigenvalue weighted by atomic mass is 10.1. The molecule has 1 aromatic carbocycles. The highest BCUT2D eigenvalue weighted by Crippen LogP contribution is 2.20. The van der Waals surface area contributed by atoms with E-state index in [2.05, 4.69) is 10.1 Å². The third kappa shape index (κ3) is 1.95. The number of aromatic nitrogens is 2. The van der Waals surface area contributed by atoms with E-state index in [4.69, 9.17) is 15.4 Å². The number of aryl methyl sites for hydroxylation is 1. The van der Waals surface area contributed by atoms with Gasteiger partial charge >= 0.3 is 0 Å². The topological polar surface area (TPSA) is 85.2 Å². The van der Waals surface area contributed by atoms with Crippen molar-refractivity contribution in [3.8, 4) is 11.4 Å². The van der Waals surface area contributed by atoms with E-state index in [1.165, 1.54) is 0 Å². The molecule has 3 N–H and O–H groups in total. The maximum atomic E-state index is 8.87. The molecule has 0 radical (unpaired) electrons. The molecule has 1 atom stereocenters. The molecule has 5 heteroatoms. The van der Waals surface area contributed by atoms with Crippen molar-refractivity contribution in [2.45, 2.75) is 13.0 Å². The molecule has 0 aliphatic rings. The van der Waals surface area contributed by atoms with E-state index < -0.39 is 6.04 Å². The molecular weight excluding hydrogens is 206 g/mol. The molecule has 2 aromatic rings. The molecule has 0 amide bonds. The molecule has 0 saturated carbocycles. The quantitative estimate of drug-likeness (QED) is 0.805. The van der Waals surface area contributed by atoms with Crippen LogP contribution in [0.5, 0.6) is 0 Å². The standard InChI is InChI=1S/C11H13N3O2/c1-7-4-2-3-5-8(7)10-13-11(16-14-10)9(12)6-15/h2-5,9,15H,6,12H2,1H3/t9-/m1/s1. The van der Waals surface area contributed by atoms with Crippen LogP contribution in [0.4, 0.5) is 0 Å². The van der Waals surface area contributed by atoms with Crippen molar-refractivity contribution in [3.63, 3.8) is 0 Å². The fourth-order valence-corrected chi connectivity index (χ4v) is 1.40. The summed E-state index contributed by atoms with van der Waals surface area (Å²) in [6.07, 6.45) is 0. The maximum Gasteiger partial charge on any atom is 0.246 e. The Labute approximate surface area is 92.9 Å². The molecule has 1 aromatic heterocycles.